The SMILES string of the molecule is Cn1nc(CNCc2ccc(F)c(F)c2)c2ccccc21. The van der Waals surface area contributed by atoms with E-state index in [1.54, 1.807) is 6.07 Å². The van der Waals surface area contributed by atoms with Crippen molar-refractivity contribution in [2.75, 3.05) is 0 Å². The molecular weight excluding hydrogens is 272 g/mol. The number of hydrogen-bond acceptors (Lipinski definition) is 2. The van der Waals surface area contributed by atoms with Gasteiger partial charge in [0.2, 0.25) is 0 Å². The molecule has 3 aromatic rings. The monoisotopic (exact) mass is 287 g/mol. The summed E-state index contributed by atoms with van der Waals surface area (Å²) < 4.78 is 27.8. The van der Waals surface area contributed by atoms with Gasteiger partial charge in [-0.3, -0.25) is 4.68 Å². The van der Waals surface area contributed by atoms with Crippen LogP contribution in [0.4, 0.5) is 8.78 Å². The van der Waals surface area contributed by atoms with Gasteiger partial charge in [0.05, 0.1) is 11.2 Å². The number of fused-ring (bicyclic) bond motifs is 1. The summed E-state index contributed by atoms with van der Waals surface area (Å²) in [6, 6.07) is 11.9. The van der Waals surface area contributed by atoms with Crippen molar-refractivity contribution >= 4 is 10.9 Å². The number of benzene rings is 2. The van der Waals surface area contributed by atoms with E-state index in [2.05, 4.69) is 10.4 Å². The Morgan fingerprint density at radius 1 is 1.05 bits per heavy atom. The van der Waals surface area contributed by atoms with Gasteiger partial charge in [-0.05, 0) is 23.8 Å². The number of rotatable bonds is 4. The summed E-state index contributed by atoms with van der Waals surface area (Å²) in [5, 5.41) is 8.77. The largest absolute Gasteiger partial charge is 0.307 e. The van der Waals surface area contributed by atoms with Crippen LogP contribution in [0.5, 0.6) is 0 Å². The van der Waals surface area contributed by atoms with E-state index in [1.807, 2.05) is 36.0 Å². The first-order valence-corrected chi connectivity index (χ1v) is 6.70. The highest BCUT2D eigenvalue weighted by molar-refractivity contribution is 5.81. The summed E-state index contributed by atoms with van der Waals surface area (Å²) in [6.45, 7) is 1.03. The summed E-state index contributed by atoms with van der Waals surface area (Å²) in [7, 11) is 1.90. The molecule has 0 bridgehead atoms. The zero-order valence-electron chi connectivity index (χ0n) is 11.6. The molecule has 21 heavy (non-hydrogen) atoms. The maximum Gasteiger partial charge on any atom is 0.159 e. The molecule has 2 aromatic carbocycles. The normalized spacial score (nSPS) is 11.2. The van der Waals surface area contributed by atoms with E-state index in [0.717, 1.165) is 22.7 Å². The van der Waals surface area contributed by atoms with E-state index in [-0.39, 0.29) is 0 Å². The number of hydrogen-bond donors (Lipinski definition) is 1. The highest BCUT2D eigenvalue weighted by Gasteiger charge is 2.07. The first-order chi connectivity index (χ1) is 10.1. The van der Waals surface area contributed by atoms with Gasteiger partial charge >= 0.3 is 0 Å². The molecule has 108 valence electrons. The fourth-order valence-electron chi connectivity index (χ4n) is 2.39. The second-order valence-corrected chi connectivity index (χ2v) is 4.94. The van der Waals surface area contributed by atoms with Crippen LogP contribution in [-0.2, 0) is 20.1 Å². The molecule has 0 spiro atoms. The Labute approximate surface area is 121 Å². The minimum Gasteiger partial charge on any atom is -0.307 e. The van der Waals surface area contributed by atoms with Crippen molar-refractivity contribution in [3.05, 3.63) is 65.4 Å². The average molecular weight is 287 g/mol. The minimum absolute atomic E-state index is 0.460. The number of aromatic nitrogens is 2. The summed E-state index contributed by atoms with van der Waals surface area (Å²) in [5.41, 5.74) is 2.71. The molecule has 1 N–H and O–H groups in total. The summed E-state index contributed by atoms with van der Waals surface area (Å²) in [4.78, 5) is 0. The molecule has 0 saturated heterocycles. The Hall–Kier alpha value is -2.27. The first-order valence-electron chi connectivity index (χ1n) is 6.70. The second kappa shape index (κ2) is 5.61. The number of halogens is 2. The third-order valence-electron chi connectivity index (χ3n) is 3.44. The minimum atomic E-state index is -0.825. The highest BCUT2D eigenvalue weighted by Crippen LogP contribution is 2.17. The molecule has 1 aromatic heterocycles. The quantitative estimate of drug-likeness (QED) is 0.799. The molecule has 0 amide bonds. The molecule has 0 atom stereocenters. The van der Waals surface area contributed by atoms with Crippen LogP contribution in [-0.4, -0.2) is 9.78 Å². The van der Waals surface area contributed by atoms with Crippen molar-refractivity contribution in [2.45, 2.75) is 13.1 Å². The number of para-hydroxylation sites is 1. The van der Waals surface area contributed by atoms with Crippen molar-refractivity contribution in [1.29, 1.82) is 0 Å². The zero-order chi connectivity index (χ0) is 14.8. The molecule has 0 aliphatic heterocycles. The van der Waals surface area contributed by atoms with Crippen molar-refractivity contribution in [2.24, 2.45) is 7.05 Å². The van der Waals surface area contributed by atoms with Crippen molar-refractivity contribution in [3.63, 3.8) is 0 Å². The van der Waals surface area contributed by atoms with Crippen LogP contribution < -0.4 is 5.32 Å². The van der Waals surface area contributed by atoms with Crippen LogP contribution in [0.3, 0.4) is 0 Å². The molecule has 3 rings (SSSR count). The van der Waals surface area contributed by atoms with Crippen LogP contribution in [0.15, 0.2) is 42.5 Å². The highest BCUT2D eigenvalue weighted by atomic mass is 19.2. The molecule has 5 heteroatoms. The Balaban J connectivity index is 1.70. The predicted octanol–water partition coefficient (Wildman–Crippen LogP) is 3.14. The van der Waals surface area contributed by atoms with Gasteiger partial charge < -0.3 is 5.32 Å². The van der Waals surface area contributed by atoms with Crippen LogP contribution in [0.2, 0.25) is 0 Å². The fraction of sp³-hybridized carbons (Fsp3) is 0.188. The van der Waals surface area contributed by atoms with Crippen molar-refractivity contribution in [3.8, 4) is 0 Å². The molecule has 3 nitrogen and oxygen atoms in total. The van der Waals surface area contributed by atoms with Gasteiger partial charge in [0, 0.05) is 25.5 Å². The Kier molecular flexibility index (Phi) is 3.66. The lowest BCUT2D eigenvalue weighted by Gasteiger charge is -2.04. The van der Waals surface area contributed by atoms with Crippen LogP contribution in [0, 0.1) is 11.6 Å². The lowest BCUT2D eigenvalue weighted by atomic mass is 10.2. The maximum absolute atomic E-state index is 13.1. The molecule has 0 unspecified atom stereocenters. The number of nitrogens with zero attached hydrogens (tertiary/aromatic N) is 2. The number of aryl methyl sites for hydroxylation is 1. The van der Waals surface area contributed by atoms with E-state index in [0.29, 0.717) is 18.7 Å². The topological polar surface area (TPSA) is 29.9 Å². The molecule has 0 radical (unpaired) electrons. The van der Waals surface area contributed by atoms with E-state index in [1.165, 1.54) is 6.07 Å². The predicted molar refractivity (Wildman–Crippen MR) is 77.6 cm³/mol. The van der Waals surface area contributed by atoms with Gasteiger partial charge in [0.1, 0.15) is 0 Å². The van der Waals surface area contributed by atoms with Gasteiger partial charge in [-0.1, -0.05) is 24.3 Å². The Morgan fingerprint density at radius 2 is 1.86 bits per heavy atom. The molecule has 0 aliphatic rings. The van der Waals surface area contributed by atoms with Gasteiger partial charge in [0.25, 0.3) is 0 Å². The molecule has 0 fully saturated rings. The van der Waals surface area contributed by atoms with Crippen LogP contribution in [0.25, 0.3) is 10.9 Å². The third-order valence-corrected chi connectivity index (χ3v) is 3.44. The summed E-state index contributed by atoms with van der Waals surface area (Å²) in [6.07, 6.45) is 0. The maximum atomic E-state index is 13.1. The Morgan fingerprint density at radius 3 is 2.67 bits per heavy atom. The standard InChI is InChI=1S/C16H15F2N3/c1-21-16-5-3-2-4-12(16)15(20-21)10-19-9-11-6-7-13(17)14(18)8-11/h2-8,19H,9-10H2,1H3. The van der Waals surface area contributed by atoms with Gasteiger partial charge in [-0.15, -0.1) is 0 Å². The number of nitrogens with one attached hydrogen (secondary N) is 1. The van der Waals surface area contributed by atoms with E-state index in [9.17, 15) is 8.78 Å². The van der Waals surface area contributed by atoms with Crippen molar-refractivity contribution in [1.82, 2.24) is 15.1 Å². The van der Waals surface area contributed by atoms with Gasteiger partial charge in [0.15, 0.2) is 11.6 Å². The molecule has 0 saturated carbocycles. The lowest BCUT2D eigenvalue weighted by molar-refractivity contribution is 0.506. The van der Waals surface area contributed by atoms with Crippen LogP contribution >= 0.6 is 0 Å². The smallest absolute Gasteiger partial charge is 0.159 e. The van der Waals surface area contributed by atoms with E-state index >= 15 is 0 Å². The average Bonchev–Trinajstić information content (AvgIpc) is 2.80. The third kappa shape index (κ3) is 2.78. The van der Waals surface area contributed by atoms with Gasteiger partial charge in [-0.25, -0.2) is 8.78 Å². The fourth-order valence-corrected chi connectivity index (χ4v) is 2.39. The molecular formula is C16H15F2N3. The lowest BCUT2D eigenvalue weighted by Crippen LogP contribution is -2.13. The first kappa shape index (κ1) is 13.7. The summed E-state index contributed by atoms with van der Waals surface area (Å²) in [5.74, 6) is -1.65. The van der Waals surface area contributed by atoms with E-state index in [4.69, 9.17) is 0 Å². The molecule has 1 heterocycles. The van der Waals surface area contributed by atoms with Crippen molar-refractivity contribution < 1.29 is 8.78 Å². The van der Waals surface area contributed by atoms with Crippen LogP contribution in [0.1, 0.15) is 11.3 Å². The zero-order valence-corrected chi connectivity index (χ0v) is 11.6. The molecule has 0 aliphatic carbocycles. The Bertz CT molecular complexity index is 780. The summed E-state index contributed by atoms with van der Waals surface area (Å²) >= 11 is 0. The van der Waals surface area contributed by atoms with Gasteiger partial charge in [-0.2, -0.15) is 5.10 Å². The van der Waals surface area contributed by atoms with E-state index < -0.39 is 11.6 Å². The second-order valence-electron chi connectivity index (χ2n) is 4.94.